The number of piperazine rings is 1. The van der Waals surface area contributed by atoms with Gasteiger partial charge in [0, 0.05) is 44.8 Å². The average Bonchev–Trinajstić information content (AvgIpc) is 2.79. The van der Waals surface area contributed by atoms with Crippen molar-refractivity contribution in [2.45, 2.75) is 45.1 Å². The molecular formula is C14H29N3. The molecule has 0 aromatic heterocycles. The molecule has 0 atom stereocenters. The van der Waals surface area contributed by atoms with Crippen LogP contribution in [0, 0.1) is 5.92 Å². The van der Waals surface area contributed by atoms with Gasteiger partial charge < -0.3 is 10.6 Å². The maximum absolute atomic E-state index is 6.06. The minimum atomic E-state index is 0.365. The third-order valence-electron chi connectivity index (χ3n) is 4.58. The Balaban J connectivity index is 1.85. The van der Waals surface area contributed by atoms with Crippen LogP contribution in [0.4, 0.5) is 0 Å². The molecule has 1 heterocycles. The van der Waals surface area contributed by atoms with Crippen LogP contribution in [0.2, 0.25) is 0 Å². The van der Waals surface area contributed by atoms with E-state index in [2.05, 4.69) is 23.6 Å². The van der Waals surface area contributed by atoms with Crippen LogP contribution in [0.1, 0.15) is 39.5 Å². The van der Waals surface area contributed by atoms with E-state index in [1.165, 1.54) is 58.4 Å². The second kappa shape index (κ2) is 5.68. The highest BCUT2D eigenvalue weighted by molar-refractivity contribution is 4.97. The summed E-state index contributed by atoms with van der Waals surface area (Å²) in [6, 6.07) is 0. The summed E-state index contributed by atoms with van der Waals surface area (Å²) in [6.45, 7) is 11.7. The Kier molecular flexibility index (Phi) is 4.45. The lowest BCUT2D eigenvalue weighted by Crippen LogP contribution is -2.59. The van der Waals surface area contributed by atoms with Crippen LogP contribution in [0.3, 0.4) is 0 Å². The quantitative estimate of drug-likeness (QED) is 0.807. The summed E-state index contributed by atoms with van der Waals surface area (Å²) < 4.78 is 0. The molecule has 3 heteroatoms. The molecule has 2 N–H and O–H groups in total. The topological polar surface area (TPSA) is 32.5 Å². The third kappa shape index (κ3) is 3.01. The minimum Gasteiger partial charge on any atom is -0.329 e. The summed E-state index contributed by atoms with van der Waals surface area (Å²) in [6.07, 6.45) is 5.41. The maximum Gasteiger partial charge on any atom is 0.0332 e. The summed E-state index contributed by atoms with van der Waals surface area (Å²) in [5, 5.41) is 0. The first-order chi connectivity index (χ1) is 8.16. The minimum absolute atomic E-state index is 0.365. The molecule has 1 aliphatic heterocycles. The van der Waals surface area contributed by atoms with Gasteiger partial charge >= 0.3 is 0 Å². The van der Waals surface area contributed by atoms with Gasteiger partial charge in [-0.1, -0.05) is 26.7 Å². The fourth-order valence-corrected chi connectivity index (χ4v) is 3.60. The highest BCUT2D eigenvalue weighted by atomic mass is 15.3. The maximum atomic E-state index is 6.06. The fourth-order valence-electron chi connectivity index (χ4n) is 3.60. The Bertz CT molecular complexity index is 226. The number of hydrogen-bond donors (Lipinski definition) is 1. The smallest absolute Gasteiger partial charge is 0.0332 e. The van der Waals surface area contributed by atoms with Crippen molar-refractivity contribution < 1.29 is 0 Å². The molecule has 0 aromatic rings. The van der Waals surface area contributed by atoms with E-state index in [0.29, 0.717) is 5.54 Å². The van der Waals surface area contributed by atoms with Gasteiger partial charge in [0.1, 0.15) is 0 Å². The van der Waals surface area contributed by atoms with Gasteiger partial charge in [-0.05, 0) is 18.8 Å². The molecule has 100 valence electrons. The number of rotatable bonds is 4. The van der Waals surface area contributed by atoms with Crippen molar-refractivity contribution in [2.24, 2.45) is 11.7 Å². The van der Waals surface area contributed by atoms with Crippen molar-refractivity contribution in [2.75, 3.05) is 39.3 Å². The standard InChI is InChI=1S/C14H29N3/c1-13(2)11-16-7-9-17(10-8-16)14(12-15)5-3-4-6-14/h13H,3-12,15H2,1-2H3. The molecule has 17 heavy (non-hydrogen) atoms. The zero-order chi connectivity index (χ0) is 12.3. The molecule has 0 aromatic carbocycles. The lowest BCUT2D eigenvalue weighted by atomic mass is 9.94. The summed E-state index contributed by atoms with van der Waals surface area (Å²) >= 11 is 0. The normalized spacial score (nSPS) is 26.8. The largest absolute Gasteiger partial charge is 0.329 e. The highest BCUT2D eigenvalue weighted by Crippen LogP contribution is 2.34. The Hall–Kier alpha value is -0.120. The Morgan fingerprint density at radius 1 is 1.06 bits per heavy atom. The SMILES string of the molecule is CC(C)CN1CCN(C2(CN)CCCC2)CC1. The van der Waals surface area contributed by atoms with Crippen LogP contribution >= 0.6 is 0 Å². The predicted octanol–water partition coefficient (Wildman–Crippen LogP) is 1.53. The molecule has 0 bridgehead atoms. The van der Waals surface area contributed by atoms with Crippen molar-refractivity contribution >= 4 is 0 Å². The Labute approximate surface area is 106 Å². The van der Waals surface area contributed by atoms with Crippen LogP contribution in [-0.4, -0.2) is 54.6 Å². The molecule has 1 aliphatic carbocycles. The van der Waals surface area contributed by atoms with Crippen molar-refractivity contribution in [3.05, 3.63) is 0 Å². The van der Waals surface area contributed by atoms with E-state index in [1.54, 1.807) is 0 Å². The van der Waals surface area contributed by atoms with E-state index < -0.39 is 0 Å². The van der Waals surface area contributed by atoms with Gasteiger partial charge in [-0.2, -0.15) is 0 Å². The molecule has 1 saturated heterocycles. The van der Waals surface area contributed by atoms with Crippen LogP contribution in [0.15, 0.2) is 0 Å². The van der Waals surface area contributed by atoms with E-state index in [-0.39, 0.29) is 0 Å². The van der Waals surface area contributed by atoms with Gasteiger partial charge in [-0.3, -0.25) is 4.90 Å². The van der Waals surface area contributed by atoms with Gasteiger partial charge in [-0.25, -0.2) is 0 Å². The molecule has 2 rings (SSSR count). The van der Waals surface area contributed by atoms with Gasteiger partial charge in [0.15, 0.2) is 0 Å². The second-order valence-electron chi connectivity index (χ2n) is 6.32. The van der Waals surface area contributed by atoms with E-state index in [1.807, 2.05) is 0 Å². The van der Waals surface area contributed by atoms with Gasteiger partial charge in [0.05, 0.1) is 0 Å². The van der Waals surface area contributed by atoms with Crippen LogP contribution < -0.4 is 5.73 Å². The molecular weight excluding hydrogens is 210 g/mol. The molecule has 0 amide bonds. The third-order valence-corrected chi connectivity index (χ3v) is 4.58. The summed E-state index contributed by atoms with van der Waals surface area (Å²) in [5.41, 5.74) is 6.42. The molecule has 1 saturated carbocycles. The molecule has 3 nitrogen and oxygen atoms in total. The zero-order valence-corrected chi connectivity index (χ0v) is 11.6. The van der Waals surface area contributed by atoms with Crippen LogP contribution in [0.25, 0.3) is 0 Å². The molecule has 0 unspecified atom stereocenters. The van der Waals surface area contributed by atoms with E-state index in [9.17, 15) is 0 Å². The van der Waals surface area contributed by atoms with E-state index in [0.717, 1.165) is 12.5 Å². The first kappa shape index (κ1) is 13.3. The van der Waals surface area contributed by atoms with E-state index >= 15 is 0 Å². The highest BCUT2D eigenvalue weighted by Gasteiger charge is 2.39. The van der Waals surface area contributed by atoms with Crippen molar-refractivity contribution in [1.29, 1.82) is 0 Å². The first-order valence-corrected chi connectivity index (χ1v) is 7.34. The van der Waals surface area contributed by atoms with Crippen LogP contribution in [0.5, 0.6) is 0 Å². The first-order valence-electron chi connectivity index (χ1n) is 7.34. The second-order valence-corrected chi connectivity index (χ2v) is 6.32. The number of hydrogen-bond acceptors (Lipinski definition) is 3. The van der Waals surface area contributed by atoms with Crippen molar-refractivity contribution in [3.63, 3.8) is 0 Å². The number of nitrogens with zero attached hydrogens (tertiary/aromatic N) is 2. The van der Waals surface area contributed by atoms with Gasteiger partial charge in [0.25, 0.3) is 0 Å². The molecule has 0 spiro atoms. The van der Waals surface area contributed by atoms with Gasteiger partial charge in [0.2, 0.25) is 0 Å². The molecule has 2 aliphatic rings. The Morgan fingerprint density at radius 3 is 2.12 bits per heavy atom. The lowest BCUT2D eigenvalue weighted by Gasteiger charge is -2.46. The Morgan fingerprint density at radius 2 is 1.65 bits per heavy atom. The van der Waals surface area contributed by atoms with E-state index in [4.69, 9.17) is 5.73 Å². The van der Waals surface area contributed by atoms with Crippen molar-refractivity contribution in [3.8, 4) is 0 Å². The van der Waals surface area contributed by atoms with Crippen molar-refractivity contribution in [1.82, 2.24) is 9.80 Å². The summed E-state index contributed by atoms with van der Waals surface area (Å²) in [7, 11) is 0. The fraction of sp³-hybridized carbons (Fsp3) is 1.00. The predicted molar refractivity (Wildman–Crippen MR) is 73.1 cm³/mol. The van der Waals surface area contributed by atoms with Crippen LogP contribution in [-0.2, 0) is 0 Å². The summed E-state index contributed by atoms with van der Waals surface area (Å²) in [4.78, 5) is 5.30. The number of nitrogens with two attached hydrogens (primary N) is 1. The monoisotopic (exact) mass is 239 g/mol. The zero-order valence-electron chi connectivity index (χ0n) is 11.6. The average molecular weight is 239 g/mol. The molecule has 0 radical (unpaired) electrons. The summed E-state index contributed by atoms with van der Waals surface area (Å²) in [5.74, 6) is 0.788. The lowest BCUT2D eigenvalue weighted by molar-refractivity contribution is 0.0359. The molecule has 2 fully saturated rings. The van der Waals surface area contributed by atoms with Gasteiger partial charge in [-0.15, -0.1) is 0 Å².